The second-order valence-corrected chi connectivity index (χ2v) is 4.79. The van der Waals surface area contributed by atoms with Crippen LogP contribution in [-0.2, 0) is 6.42 Å². The fourth-order valence-corrected chi connectivity index (χ4v) is 2.16. The lowest BCUT2D eigenvalue weighted by molar-refractivity contribution is 0.0968. The van der Waals surface area contributed by atoms with Crippen molar-refractivity contribution in [3.8, 4) is 0 Å². The average Bonchev–Trinajstić information content (AvgIpc) is 3.10. The van der Waals surface area contributed by atoms with E-state index in [9.17, 15) is 5.11 Å². The third-order valence-electron chi connectivity index (χ3n) is 3.54. The Bertz CT molecular complexity index is 289. The maximum absolute atomic E-state index is 9.99. The van der Waals surface area contributed by atoms with Gasteiger partial charge in [-0.3, -0.25) is 0 Å². The van der Waals surface area contributed by atoms with Gasteiger partial charge in [0.25, 0.3) is 0 Å². The van der Waals surface area contributed by atoms with E-state index >= 15 is 0 Å². The molecule has 1 aliphatic carbocycles. The zero-order chi connectivity index (χ0) is 10.7. The van der Waals surface area contributed by atoms with E-state index in [1.54, 1.807) is 0 Å². The highest BCUT2D eigenvalue weighted by atomic mass is 16.3. The Labute approximate surface area is 92.1 Å². The standard InChI is InChI=1S/C14H20O/c1-11(13-8-9-13)14(15)10-7-12-5-3-2-4-6-12/h2-6,11,13-15H,7-10H2,1H3/t11-,14-/m1/s1. The topological polar surface area (TPSA) is 20.2 Å². The quantitative estimate of drug-likeness (QED) is 0.781. The van der Waals surface area contributed by atoms with E-state index in [0.717, 1.165) is 18.8 Å². The van der Waals surface area contributed by atoms with Crippen LogP contribution >= 0.6 is 0 Å². The summed E-state index contributed by atoms with van der Waals surface area (Å²) >= 11 is 0. The highest BCUT2D eigenvalue weighted by Gasteiger charge is 2.31. The van der Waals surface area contributed by atoms with Crippen LogP contribution in [0.1, 0.15) is 31.7 Å². The number of aryl methyl sites for hydroxylation is 1. The molecule has 0 aromatic heterocycles. The Morgan fingerprint density at radius 2 is 1.93 bits per heavy atom. The Morgan fingerprint density at radius 1 is 1.27 bits per heavy atom. The molecule has 2 atom stereocenters. The van der Waals surface area contributed by atoms with E-state index < -0.39 is 0 Å². The van der Waals surface area contributed by atoms with Crippen molar-refractivity contribution in [2.45, 2.75) is 38.7 Å². The highest BCUT2D eigenvalue weighted by molar-refractivity contribution is 5.14. The first-order valence-electron chi connectivity index (χ1n) is 5.99. The molecule has 1 heteroatoms. The van der Waals surface area contributed by atoms with Crippen LogP contribution in [0.15, 0.2) is 30.3 Å². The lowest BCUT2D eigenvalue weighted by atomic mass is 9.94. The van der Waals surface area contributed by atoms with Crippen LogP contribution in [0.2, 0.25) is 0 Å². The molecule has 0 saturated heterocycles. The number of aliphatic hydroxyl groups is 1. The van der Waals surface area contributed by atoms with Crippen molar-refractivity contribution in [2.24, 2.45) is 11.8 Å². The van der Waals surface area contributed by atoms with Crippen LogP contribution in [0, 0.1) is 11.8 Å². The normalized spacial score (nSPS) is 19.9. The number of benzene rings is 1. The van der Waals surface area contributed by atoms with Gasteiger partial charge < -0.3 is 5.11 Å². The van der Waals surface area contributed by atoms with Gasteiger partial charge in [-0.25, -0.2) is 0 Å². The summed E-state index contributed by atoms with van der Waals surface area (Å²) in [6.07, 6.45) is 4.44. The molecule has 0 amide bonds. The summed E-state index contributed by atoms with van der Waals surface area (Å²) in [5.41, 5.74) is 1.33. The molecule has 2 rings (SSSR count). The molecule has 0 radical (unpaired) electrons. The second kappa shape index (κ2) is 4.80. The van der Waals surface area contributed by atoms with Crippen molar-refractivity contribution in [3.05, 3.63) is 35.9 Å². The third-order valence-corrected chi connectivity index (χ3v) is 3.54. The molecular formula is C14H20O. The first-order chi connectivity index (χ1) is 7.27. The van der Waals surface area contributed by atoms with Gasteiger partial charge in [-0.2, -0.15) is 0 Å². The van der Waals surface area contributed by atoms with Crippen molar-refractivity contribution in [3.63, 3.8) is 0 Å². The number of hydrogen-bond donors (Lipinski definition) is 1. The largest absolute Gasteiger partial charge is 0.393 e. The Hall–Kier alpha value is -0.820. The summed E-state index contributed by atoms with van der Waals surface area (Å²) in [5, 5.41) is 9.99. The zero-order valence-electron chi connectivity index (χ0n) is 9.39. The van der Waals surface area contributed by atoms with E-state index in [1.165, 1.54) is 18.4 Å². The lowest BCUT2D eigenvalue weighted by Gasteiger charge is -2.18. The molecule has 1 fully saturated rings. The van der Waals surface area contributed by atoms with Crippen LogP contribution in [0.4, 0.5) is 0 Å². The first kappa shape index (κ1) is 10.7. The number of aliphatic hydroxyl groups excluding tert-OH is 1. The molecule has 1 aromatic rings. The zero-order valence-corrected chi connectivity index (χ0v) is 9.39. The Balaban J connectivity index is 1.77. The summed E-state index contributed by atoms with van der Waals surface area (Å²) in [6, 6.07) is 10.4. The molecule has 1 N–H and O–H groups in total. The van der Waals surface area contributed by atoms with Crippen molar-refractivity contribution in [1.29, 1.82) is 0 Å². The molecule has 0 bridgehead atoms. The van der Waals surface area contributed by atoms with Gasteiger partial charge in [0.15, 0.2) is 0 Å². The van der Waals surface area contributed by atoms with Crippen LogP contribution in [0.5, 0.6) is 0 Å². The third kappa shape index (κ3) is 3.07. The van der Waals surface area contributed by atoms with Crippen LogP contribution < -0.4 is 0 Å². The Morgan fingerprint density at radius 3 is 2.53 bits per heavy atom. The van der Waals surface area contributed by atoms with E-state index in [-0.39, 0.29) is 6.10 Å². The van der Waals surface area contributed by atoms with E-state index in [1.807, 2.05) is 6.07 Å². The molecule has 1 saturated carbocycles. The van der Waals surface area contributed by atoms with Gasteiger partial charge in [-0.15, -0.1) is 0 Å². The van der Waals surface area contributed by atoms with Gasteiger partial charge in [0.1, 0.15) is 0 Å². The molecule has 1 nitrogen and oxygen atoms in total. The Kier molecular flexibility index (Phi) is 3.42. The maximum atomic E-state index is 9.99. The fourth-order valence-electron chi connectivity index (χ4n) is 2.16. The van der Waals surface area contributed by atoms with Crippen molar-refractivity contribution in [1.82, 2.24) is 0 Å². The molecule has 82 valence electrons. The van der Waals surface area contributed by atoms with Crippen LogP contribution in [0.25, 0.3) is 0 Å². The van der Waals surface area contributed by atoms with E-state index in [2.05, 4.69) is 31.2 Å². The smallest absolute Gasteiger partial charge is 0.0571 e. The van der Waals surface area contributed by atoms with E-state index in [0.29, 0.717) is 5.92 Å². The highest BCUT2D eigenvalue weighted by Crippen LogP contribution is 2.38. The monoisotopic (exact) mass is 204 g/mol. The average molecular weight is 204 g/mol. The molecule has 1 aliphatic rings. The molecule has 0 unspecified atom stereocenters. The summed E-state index contributed by atoms with van der Waals surface area (Å²) < 4.78 is 0. The molecule has 0 aliphatic heterocycles. The summed E-state index contributed by atoms with van der Waals surface area (Å²) in [7, 11) is 0. The van der Waals surface area contributed by atoms with Gasteiger partial charge in [0, 0.05) is 0 Å². The van der Waals surface area contributed by atoms with Gasteiger partial charge in [0.05, 0.1) is 6.10 Å². The predicted octanol–water partition coefficient (Wildman–Crippen LogP) is 3.03. The molecule has 0 spiro atoms. The van der Waals surface area contributed by atoms with Crippen molar-refractivity contribution < 1.29 is 5.11 Å². The lowest BCUT2D eigenvalue weighted by Crippen LogP contribution is -2.19. The van der Waals surface area contributed by atoms with Gasteiger partial charge in [-0.1, -0.05) is 37.3 Å². The summed E-state index contributed by atoms with van der Waals surface area (Å²) in [4.78, 5) is 0. The predicted molar refractivity (Wildman–Crippen MR) is 62.7 cm³/mol. The van der Waals surface area contributed by atoms with E-state index in [4.69, 9.17) is 0 Å². The second-order valence-electron chi connectivity index (χ2n) is 4.79. The van der Waals surface area contributed by atoms with Crippen LogP contribution in [0.3, 0.4) is 0 Å². The van der Waals surface area contributed by atoms with Crippen molar-refractivity contribution >= 4 is 0 Å². The first-order valence-corrected chi connectivity index (χ1v) is 5.99. The molecule has 1 aromatic carbocycles. The SMILES string of the molecule is C[C@H](C1CC1)[C@H](O)CCc1ccccc1. The van der Waals surface area contributed by atoms with Gasteiger partial charge >= 0.3 is 0 Å². The van der Waals surface area contributed by atoms with Gasteiger partial charge in [-0.05, 0) is 43.1 Å². The summed E-state index contributed by atoms with van der Waals surface area (Å²) in [6.45, 7) is 2.19. The fraction of sp³-hybridized carbons (Fsp3) is 0.571. The minimum absolute atomic E-state index is 0.113. The number of hydrogen-bond acceptors (Lipinski definition) is 1. The molecule has 0 heterocycles. The summed E-state index contributed by atoms with van der Waals surface area (Å²) in [5.74, 6) is 1.30. The number of rotatable bonds is 5. The van der Waals surface area contributed by atoms with Crippen molar-refractivity contribution in [2.75, 3.05) is 0 Å². The molecular weight excluding hydrogens is 184 g/mol. The minimum atomic E-state index is -0.113. The molecule has 15 heavy (non-hydrogen) atoms. The van der Waals surface area contributed by atoms with Gasteiger partial charge in [0.2, 0.25) is 0 Å². The maximum Gasteiger partial charge on any atom is 0.0571 e. The van der Waals surface area contributed by atoms with Crippen LogP contribution in [-0.4, -0.2) is 11.2 Å². The minimum Gasteiger partial charge on any atom is -0.393 e.